The van der Waals surface area contributed by atoms with Gasteiger partial charge in [-0.25, -0.2) is 17.9 Å². The summed E-state index contributed by atoms with van der Waals surface area (Å²) in [6.45, 7) is 0.00662. The van der Waals surface area contributed by atoms with Crippen LogP contribution in [0.2, 0.25) is 5.02 Å². The Bertz CT molecular complexity index is 545. The van der Waals surface area contributed by atoms with Gasteiger partial charge in [0.05, 0.1) is 12.7 Å². The van der Waals surface area contributed by atoms with Crippen LogP contribution in [0.1, 0.15) is 5.56 Å². The number of hydrogen-bond donors (Lipinski definition) is 1. The highest BCUT2D eigenvalue weighted by Gasteiger charge is 2.12. The molecule has 0 aliphatic rings. The lowest BCUT2D eigenvalue weighted by Crippen LogP contribution is -2.07. The van der Waals surface area contributed by atoms with Crippen molar-refractivity contribution in [1.82, 2.24) is 9.78 Å². The number of nitrogen functional groups attached to an aromatic ring is 1. The first kappa shape index (κ1) is 11.8. The summed E-state index contributed by atoms with van der Waals surface area (Å²) in [4.78, 5) is 0. The SMILES string of the molecule is Nc1c(Cl)cnn1Cc1cc(F)c(F)c(F)c1. The van der Waals surface area contributed by atoms with Gasteiger partial charge in [-0.3, -0.25) is 0 Å². The Morgan fingerprint density at radius 2 is 1.82 bits per heavy atom. The lowest BCUT2D eigenvalue weighted by atomic mass is 10.2. The van der Waals surface area contributed by atoms with E-state index in [-0.39, 0.29) is 22.9 Å². The number of halogens is 4. The monoisotopic (exact) mass is 261 g/mol. The second kappa shape index (κ2) is 4.29. The third kappa shape index (κ3) is 2.21. The van der Waals surface area contributed by atoms with Gasteiger partial charge in [0.2, 0.25) is 0 Å². The summed E-state index contributed by atoms with van der Waals surface area (Å²) in [6.07, 6.45) is 1.31. The van der Waals surface area contributed by atoms with Gasteiger partial charge < -0.3 is 5.73 Å². The minimum Gasteiger partial charge on any atom is -0.383 e. The third-order valence-corrected chi connectivity index (χ3v) is 2.50. The molecule has 0 saturated heterocycles. The molecule has 3 nitrogen and oxygen atoms in total. The second-order valence-electron chi connectivity index (χ2n) is 3.41. The van der Waals surface area contributed by atoms with Crippen molar-refractivity contribution >= 4 is 17.4 Å². The van der Waals surface area contributed by atoms with Gasteiger partial charge >= 0.3 is 0 Å². The molecule has 0 aliphatic carbocycles. The molecule has 17 heavy (non-hydrogen) atoms. The van der Waals surface area contributed by atoms with Crippen molar-refractivity contribution < 1.29 is 13.2 Å². The van der Waals surface area contributed by atoms with Crippen molar-refractivity contribution in [2.24, 2.45) is 0 Å². The highest BCUT2D eigenvalue weighted by Crippen LogP contribution is 2.19. The van der Waals surface area contributed by atoms with Gasteiger partial charge in [0.1, 0.15) is 10.8 Å². The van der Waals surface area contributed by atoms with Gasteiger partial charge in [-0.1, -0.05) is 11.6 Å². The maximum atomic E-state index is 12.9. The van der Waals surface area contributed by atoms with E-state index in [2.05, 4.69) is 5.10 Å². The Morgan fingerprint density at radius 3 is 2.29 bits per heavy atom. The number of nitrogens with zero attached hydrogens (tertiary/aromatic N) is 2. The predicted molar refractivity (Wildman–Crippen MR) is 57.1 cm³/mol. The quantitative estimate of drug-likeness (QED) is 0.845. The molecule has 0 amide bonds. The molecule has 1 aromatic carbocycles. The van der Waals surface area contributed by atoms with Crippen LogP contribution >= 0.6 is 11.6 Å². The van der Waals surface area contributed by atoms with Gasteiger partial charge in [0, 0.05) is 0 Å². The average Bonchev–Trinajstić information content (AvgIpc) is 2.58. The zero-order valence-electron chi connectivity index (χ0n) is 8.42. The second-order valence-corrected chi connectivity index (χ2v) is 3.82. The number of anilines is 1. The van der Waals surface area contributed by atoms with E-state index in [9.17, 15) is 13.2 Å². The van der Waals surface area contributed by atoms with Crippen LogP contribution < -0.4 is 5.73 Å². The highest BCUT2D eigenvalue weighted by atomic mass is 35.5. The van der Waals surface area contributed by atoms with Crippen molar-refractivity contribution in [3.05, 3.63) is 46.4 Å². The van der Waals surface area contributed by atoms with E-state index in [0.29, 0.717) is 0 Å². The normalized spacial score (nSPS) is 10.8. The molecule has 0 spiro atoms. The largest absolute Gasteiger partial charge is 0.383 e. The smallest absolute Gasteiger partial charge is 0.194 e. The van der Waals surface area contributed by atoms with Crippen LogP contribution in [-0.2, 0) is 6.54 Å². The third-order valence-electron chi connectivity index (χ3n) is 2.21. The van der Waals surface area contributed by atoms with E-state index in [1.165, 1.54) is 10.9 Å². The van der Waals surface area contributed by atoms with Crippen molar-refractivity contribution in [2.45, 2.75) is 6.54 Å². The van der Waals surface area contributed by atoms with Crippen molar-refractivity contribution in [2.75, 3.05) is 5.73 Å². The standard InChI is InChI=1S/C10H7ClF3N3/c11-6-3-16-17(10(6)15)4-5-1-7(12)9(14)8(13)2-5/h1-3H,4,15H2. The first-order valence-electron chi connectivity index (χ1n) is 4.59. The highest BCUT2D eigenvalue weighted by molar-refractivity contribution is 6.32. The van der Waals surface area contributed by atoms with Crippen LogP contribution in [0.25, 0.3) is 0 Å². The predicted octanol–water partition coefficient (Wildman–Crippen LogP) is 2.58. The van der Waals surface area contributed by atoms with Crippen molar-refractivity contribution in [3.8, 4) is 0 Å². The lowest BCUT2D eigenvalue weighted by Gasteiger charge is -2.05. The molecule has 0 unspecified atom stereocenters. The van der Waals surface area contributed by atoms with E-state index in [0.717, 1.165) is 12.1 Å². The lowest BCUT2D eigenvalue weighted by molar-refractivity contribution is 0.444. The summed E-state index contributed by atoms with van der Waals surface area (Å²) in [7, 11) is 0. The summed E-state index contributed by atoms with van der Waals surface area (Å²) < 4.78 is 39.9. The Labute approximate surface area is 99.6 Å². The van der Waals surface area contributed by atoms with Gasteiger partial charge in [-0.05, 0) is 17.7 Å². The van der Waals surface area contributed by atoms with E-state index < -0.39 is 17.5 Å². The maximum Gasteiger partial charge on any atom is 0.194 e. The molecule has 0 fully saturated rings. The Balaban J connectivity index is 2.34. The van der Waals surface area contributed by atoms with Gasteiger partial charge in [-0.15, -0.1) is 0 Å². The molecule has 0 bridgehead atoms. The molecule has 7 heteroatoms. The molecule has 0 radical (unpaired) electrons. The molecule has 1 aromatic heterocycles. The van der Waals surface area contributed by atoms with Gasteiger partial charge in [0.15, 0.2) is 17.5 Å². The molecule has 2 N–H and O–H groups in total. The first-order valence-corrected chi connectivity index (χ1v) is 4.97. The fourth-order valence-electron chi connectivity index (χ4n) is 1.37. The Hall–Kier alpha value is -1.69. The molecule has 1 heterocycles. The topological polar surface area (TPSA) is 43.8 Å². The molecule has 0 atom stereocenters. The van der Waals surface area contributed by atoms with Crippen LogP contribution in [0.5, 0.6) is 0 Å². The summed E-state index contributed by atoms with van der Waals surface area (Å²) in [5, 5.41) is 4.06. The van der Waals surface area contributed by atoms with Gasteiger partial charge in [0.25, 0.3) is 0 Å². The van der Waals surface area contributed by atoms with Crippen LogP contribution in [0, 0.1) is 17.5 Å². The maximum absolute atomic E-state index is 12.9. The molecule has 90 valence electrons. The van der Waals surface area contributed by atoms with Crippen LogP contribution in [0.4, 0.5) is 19.0 Å². The number of nitrogens with two attached hydrogens (primary N) is 1. The van der Waals surface area contributed by atoms with E-state index in [4.69, 9.17) is 17.3 Å². The molecule has 0 aliphatic heterocycles. The summed E-state index contributed by atoms with van der Waals surface area (Å²) in [5.74, 6) is -3.83. The van der Waals surface area contributed by atoms with E-state index in [1.807, 2.05) is 0 Å². The number of rotatable bonds is 2. The zero-order valence-corrected chi connectivity index (χ0v) is 9.18. The molecule has 2 rings (SSSR count). The Kier molecular flexibility index (Phi) is 2.97. The minimum atomic E-state index is -1.50. The fourth-order valence-corrected chi connectivity index (χ4v) is 1.51. The van der Waals surface area contributed by atoms with Crippen molar-refractivity contribution in [1.29, 1.82) is 0 Å². The molecular weight excluding hydrogens is 255 g/mol. The summed E-state index contributed by atoms with van der Waals surface area (Å²) >= 11 is 5.67. The molecule has 0 saturated carbocycles. The average molecular weight is 262 g/mol. The van der Waals surface area contributed by atoms with Crippen molar-refractivity contribution in [3.63, 3.8) is 0 Å². The summed E-state index contributed by atoms with van der Waals surface area (Å²) in [5.41, 5.74) is 5.77. The van der Waals surface area contributed by atoms with E-state index >= 15 is 0 Å². The van der Waals surface area contributed by atoms with Crippen LogP contribution in [0.3, 0.4) is 0 Å². The zero-order chi connectivity index (χ0) is 12.6. The minimum absolute atomic E-state index is 0.00662. The van der Waals surface area contributed by atoms with Gasteiger partial charge in [-0.2, -0.15) is 5.10 Å². The van der Waals surface area contributed by atoms with E-state index in [1.54, 1.807) is 0 Å². The summed E-state index contributed by atoms with van der Waals surface area (Å²) in [6, 6.07) is 1.76. The number of benzene rings is 1. The fraction of sp³-hybridized carbons (Fsp3) is 0.100. The van der Waals surface area contributed by atoms with Crippen LogP contribution in [0.15, 0.2) is 18.3 Å². The van der Waals surface area contributed by atoms with Crippen LogP contribution in [-0.4, -0.2) is 9.78 Å². The Morgan fingerprint density at radius 1 is 1.24 bits per heavy atom. The first-order chi connectivity index (χ1) is 7.99. The number of hydrogen-bond acceptors (Lipinski definition) is 2. The molecular formula is C10H7ClF3N3. The molecule has 2 aromatic rings. The number of aromatic nitrogens is 2.